The first-order chi connectivity index (χ1) is 62.3. The fraction of sp³-hybridized carbons (Fsp3) is 0.705. The molecule has 9 N–H and O–H groups in total. The number of esters is 1. The van der Waals surface area contributed by atoms with Crippen LogP contribution in [0.4, 0.5) is 5.82 Å². The maximum absolute atomic E-state index is 14.9. The highest BCUT2D eigenvalue weighted by Crippen LogP contribution is 2.43. The minimum atomic E-state index is -2.44. The number of carbonyl (C=O) groups excluding carboxylic acids is 5. The number of aromatic amines is 1. The SMILES string of the molecule is COc1cccc2cc(-c3nc(C4CCC(C(O)NCCOCCOCCNC(=O)CCOCCOCCOCCOCCn5cc(CCCCO[C@@H]6CC[C@@H](C[C@@H](C)[C@@H]7C[C@@H](OC)[C@H](C)/C=C(\C)[C@@H](O)[C@@H](O)C(=O)[C@H](C)C[C@H](C)/C=C/C=C/C=C(\C)[C@@H](OC)C[C@@H]8CC[C@@H](C)[C@@](O)(O8)C(=O)C(=O)N8CCCC[C@H]8C(=O)O7)C[C@H]6OC)nn5)CC4)n4ncnc(N)c34)[nH]c12. The largest absolute Gasteiger partial charge is 0.495 e. The second-order valence-electron chi connectivity index (χ2n) is 35.7. The molecule has 4 fully saturated rings. The number of imidazole rings is 1. The van der Waals surface area contributed by atoms with Crippen LogP contribution in [0.1, 0.15) is 188 Å². The zero-order chi connectivity index (χ0) is 92.4. The summed E-state index contributed by atoms with van der Waals surface area (Å²) in [5.41, 5.74) is 11.6. The Balaban J connectivity index is 0.555. The Morgan fingerprint density at radius 2 is 1.46 bits per heavy atom. The maximum atomic E-state index is 14.9. The van der Waals surface area contributed by atoms with E-state index in [4.69, 9.17) is 72.3 Å². The van der Waals surface area contributed by atoms with Crippen LogP contribution in [-0.4, -0.2) is 295 Å². The molecule has 2 bridgehead atoms. The second kappa shape index (κ2) is 53.1. The van der Waals surface area contributed by atoms with Gasteiger partial charge in [0.15, 0.2) is 11.6 Å². The van der Waals surface area contributed by atoms with Crippen LogP contribution in [-0.2, 0) is 93.8 Å². The van der Waals surface area contributed by atoms with E-state index in [1.165, 1.54) is 11.2 Å². The minimum absolute atomic E-state index is 0.0345. The molecule has 2 saturated heterocycles. The van der Waals surface area contributed by atoms with Crippen LogP contribution in [0.25, 0.3) is 27.8 Å². The van der Waals surface area contributed by atoms with E-state index in [0.717, 1.165) is 97.2 Å². The van der Waals surface area contributed by atoms with Crippen LogP contribution in [0.15, 0.2) is 84.4 Å². The monoisotopic (exact) mass is 1810 g/mol. The van der Waals surface area contributed by atoms with Crippen molar-refractivity contribution < 1.29 is 106 Å². The number of benzene rings is 1. The molecule has 129 heavy (non-hydrogen) atoms. The highest BCUT2D eigenvalue weighted by molar-refractivity contribution is 6.39. The molecule has 5 aromatic rings. The number of piperidine rings is 1. The number of ketones is 2. The molecule has 3 aliphatic heterocycles. The van der Waals surface area contributed by atoms with Crippen molar-refractivity contribution in [2.45, 2.75) is 256 Å². The number of unbranched alkanes of at least 4 members (excludes halogenated alkanes) is 1. The Labute approximate surface area is 759 Å². The number of allylic oxidation sites excluding steroid dienone is 5. The van der Waals surface area contributed by atoms with Gasteiger partial charge in [0.2, 0.25) is 11.7 Å². The summed E-state index contributed by atoms with van der Waals surface area (Å²) in [4.78, 5) is 84.2. The average Bonchev–Trinajstić information content (AvgIpc) is 1.63. The summed E-state index contributed by atoms with van der Waals surface area (Å²) in [6.45, 7) is 19.6. The molecule has 5 aliphatic rings. The fourth-order valence-electron chi connectivity index (χ4n) is 18.5. The molecule has 17 atom stereocenters. The van der Waals surface area contributed by atoms with E-state index in [1.807, 2.05) is 93.1 Å². The summed E-state index contributed by atoms with van der Waals surface area (Å²) in [5, 5.41) is 66.3. The average molecular weight is 1810 g/mol. The van der Waals surface area contributed by atoms with Gasteiger partial charge in [0.05, 0.1) is 140 Å². The van der Waals surface area contributed by atoms with Gasteiger partial charge in [-0.3, -0.25) is 24.5 Å². The summed E-state index contributed by atoms with van der Waals surface area (Å²) in [5.74, 6) is -5.51. The molecule has 34 nitrogen and oxygen atoms in total. The number of Topliss-reactive ketones (excluding diaryl/α,β-unsaturated/α-hetero) is 2. The number of aliphatic hydroxyl groups excluding tert-OH is 3. The number of fused-ring (bicyclic) bond motifs is 5. The van der Waals surface area contributed by atoms with Crippen molar-refractivity contribution in [1.82, 2.24) is 55.1 Å². The molecular formula is C95H146N12O22. The number of nitrogens with zero attached hydrogens (tertiary/aromatic N) is 8. The number of nitrogens with two attached hydrogens (primary N) is 1. The first-order valence-electron chi connectivity index (χ1n) is 46.8. The molecule has 0 spiro atoms. The molecule has 1 unspecified atom stereocenters. The number of rotatable bonds is 41. The van der Waals surface area contributed by atoms with Crippen molar-refractivity contribution in [2.24, 2.45) is 41.4 Å². The van der Waals surface area contributed by atoms with Gasteiger partial charge in [-0.25, -0.2) is 24.0 Å². The Bertz CT molecular complexity index is 4390. The lowest BCUT2D eigenvalue weighted by atomic mass is 9.78. The molecule has 2 aliphatic carbocycles. The van der Waals surface area contributed by atoms with E-state index in [1.54, 1.807) is 60.0 Å². The number of hydrogen-bond donors (Lipinski definition) is 8. The fourth-order valence-corrected chi connectivity index (χ4v) is 18.5. The smallest absolute Gasteiger partial charge is 0.329 e. The zero-order valence-electron chi connectivity index (χ0n) is 77.8. The van der Waals surface area contributed by atoms with Gasteiger partial charge >= 0.3 is 5.97 Å². The summed E-state index contributed by atoms with van der Waals surface area (Å²) in [6, 6.07) is 6.79. The van der Waals surface area contributed by atoms with Crippen LogP contribution in [0.2, 0.25) is 0 Å². The first kappa shape index (κ1) is 103. The lowest BCUT2D eigenvalue weighted by Crippen LogP contribution is -2.61. The highest BCUT2D eigenvalue weighted by atomic mass is 16.6. The molecule has 34 heteroatoms. The number of carbonyl (C=O) groups is 5. The number of cyclic esters (lactones) is 1. The lowest BCUT2D eigenvalue weighted by molar-refractivity contribution is -0.265. The maximum Gasteiger partial charge on any atom is 0.329 e. The van der Waals surface area contributed by atoms with Gasteiger partial charge in [0.1, 0.15) is 59.7 Å². The predicted octanol–water partition coefficient (Wildman–Crippen LogP) is 9.28. The molecule has 10 rings (SSSR count). The Kier molecular flexibility index (Phi) is 42.5. The number of aryl methyl sites for hydroxylation is 1. The van der Waals surface area contributed by atoms with Gasteiger partial charge < -0.3 is 103 Å². The van der Waals surface area contributed by atoms with E-state index < -0.39 is 95.9 Å². The van der Waals surface area contributed by atoms with E-state index in [9.17, 15) is 44.4 Å². The van der Waals surface area contributed by atoms with Gasteiger partial charge in [-0.2, -0.15) is 5.10 Å². The van der Waals surface area contributed by atoms with Crippen molar-refractivity contribution in [3.05, 3.63) is 95.9 Å². The number of anilines is 1. The molecular weight excluding hydrogens is 1660 g/mol. The first-order valence-corrected chi connectivity index (χ1v) is 46.8. The third-order valence-corrected chi connectivity index (χ3v) is 26.2. The van der Waals surface area contributed by atoms with Crippen LogP contribution in [0, 0.1) is 41.4 Å². The number of ether oxygens (including phenoxy) is 13. The molecule has 7 heterocycles. The van der Waals surface area contributed by atoms with Gasteiger partial charge in [-0.1, -0.05) is 88.4 Å². The van der Waals surface area contributed by atoms with Crippen LogP contribution >= 0.6 is 0 Å². The van der Waals surface area contributed by atoms with Gasteiger partial charge in [0, 0.05) is 102 Å². The van der Waals surface area contributed by atoms with Crippen LogP contribution in [0.3, 0.4) is 0 Å². The van der Waals surface area contributed by atoms with Gasteiger partial charge in [0.25, 0.3) is 11.7 Å². The lowest BCUT2D eigenvalue weighted by Gasteiger charge is -2.43. The second-order valence-corrected chi connectivity index (χ2v) is 35.7. The molecule has 0 radical (unpaired) electrons. The number of para-hydroxylation sites is 1. The summed E-state index contributed by atoms with van der Waals surface area (Å²) in [6.07, 6.45) is 20.3. The topological polar surface area (TPSA) is 429 Å². The van der Waals surface area contributed by atoms with Crippen molar-refractivity contribution >= 4 is 51.6 Å². The number of amides is 2. The number of nitrogen functional groups attached to an aromatic ring is 1. The predicted molar refractivity (Wildman–Crippen MR) is 483 cm³/mol. The number of hydrogen-bond acceptors (Lipinski definition) is 29. The molecule has 2 saturated carbocycles. The number of H-pyrrole nitrogens is 1. The Morgan fingerprint density at radius 3 is 2.18 bits per heavy atom. The van der Waals surface area contributed by atoms with Crippen LogP contribution in [0.5, 0.6) is 5.75 Å². The van der Waals surface area contributed by atoms with Crippen molar-refractivity contribution in [2.75, 3.05) is 140 Å². The third kappa shape index (κ3) is 30.3. The van der Waals surface area contributed by atoms with Crippen LogP contribution < -0.4 is 21.1 Å². The van der Waals surface area contributed by atoms with E-state index >= 15 is 0 Å². The molecule has 2 amide bonds. The van der Waals surface area contributed by atoms with E-state index in [-0.39, 0.29) is 80.1 Å². The summed E-state index contributed by atoms with van der Waals surface area (Å²) in [7, 11) is 6.50. The molecule has 1 aromatic carbocycles. The van der Waals surface area contributed by atoms with Crippen molar-refractivity contribution in [3.8, 4) is 17.1 Å². The normalized spacial score (nSPS) is 29.0. The summed E-state index contributed by atoms with van der Waals surface area (Å²) < 4.78 is 80.8. The van der Waals surface area contributed by atoms with E-state index in [0.29, 0.717) is 173 Å². The standard InChI is InChI=1S/C95H146N12O22/c1-61-20-13-12-14-21-62(2)78(118-9)57-73-32-26-67(7)95(116,129-73)89(112)93(114)106-37-17-15-24-75(106)94(115)128-80(58-79(119-10)63(3)53-66(6)87(110)88(111)86(109)65(5)52-61)64(4)54-68-27-33-76(81(55-68)120-11)127-39-18-16-23-72-59-105(104-103-72)38-43-124-47-49-126-51-50-125-48-44-121-40-34-82(108)97-35-41-122-45-46-123-42-36-98-92(113)70-30-28-69(29-31-70)91-102-84(85-90(96)99-60-100-107(85)91)74-56-71-22-19-25-77(117-8)83(71)101-74/h12-14,19-22,25,53,56,59-61,63-65,67-70,73,75-76,78-81,87-88,92,98,101,110-111,113,116H,15-18,23-24,26-52,54-55,57-58H2,1-11H3,(H,97,108)(H2,96,99,100)/b14-12+,20-13+,62-21+,66-53+/t61-,63-,64-,65-,67-,68+,69?,70?,73+,75+,76-,78+,79-,80+,81-,87-,88+,92?,95-/m1/s1. The third-order valence-electron chi connectivity index (χ3n) is 26.2. The highest BCUT2D eigenvalue weighted by Gasteiger charge is 2.53. The Hall–Kier alpha value is -7.88. The number of aromatic nitrogens is 8. The minimum Gasteiger partial charge on any atom is -0.495 e. The van der Waals surface area contributed by atoms with Gasteiger partial charge in [-0.05, 0) is 170 Å². The van der Waals surface area contributed by atoms with Gasteiger partial charge in [-0.15, -0.1) is 5.10 Å². The van der Waals surface area contributed by atoms with E-state index in [2.05, 4.69) is 36.0 Å². The van der Waals surface area contributed by atoms with Crippen molar-refractivity contribution in [1.29, 1.82) is 0 Å². The molecule has 4 aromatic heterocycles. The molecule has 718 valence electrons. The number of nitrogens with one attached hydrogen (secondary N) is 3. The quantitative estimate of drug-likeness (QED) is 0.00593. The number of aliphatic hydroxyl groups is 4. The summed E-state index contributed by atoms with van der Waals surface area (Å²) >= 11 is 0. The number of methoxy groups -OCH3 is 4. The van der Waals surface area contributed by atoms with Crippen molar-refractivity contribution in [3.63, 3.8) is 0 Å². The Morgan fingerprint density at radius 1 is 0.744 bits per heavy atom. The zero-order valence-corrected chi connectivity index (χ0v) is 77.8.